The molecule has 9 heteroatoms. The number of rotatable bonds is 7. The van der Waals surface area contributed by atoms with E-state index in [4.69, 9.17) is 21.7 Å². The predicted molar refractivity (Wildman–Crippen MR) is 125 cm³/mol. The number of aromatic nitrogens is 1. The van der Waals surface area contributed by atoms with Gasteiger partial charge < -0.3 is 24.7 Å². The van der Waals surface area contributed by atoms with Gasteiger partial charge in [-0.05, 0) is 30.4 Å². The summed E-state index contributed by atoms with van der Waals surface area (Å²) in [4.78, 5) is 12.7. The Bertz CT molecular complexity index is 1170. The van der Waals surface area contributed by atoms with Gasteiger partial charge in [-0.25, -0.2) is 0 Å². The Morgan fingerprint density at radius 1 is 1.23 bits per heavy atom. The first-order valence-electron chi connectivity index (χ1n) is 9.59. The average molecular weight is 436 g/mol. The zero-order valence-electron chi connectivity index (χ0n) is 16.6. The molecular weight excluding hydrogens is 414 g/mol. The van der Waals surface area contributed by atoms with E-state index in [1.165, 1.54) is 0 Å². The quantitative estimate of drug-likeness (QED) is 0.229. The summed E-state index contributed by atoms with van der Waals surface area (Å²) in [5, 5.41) is 11.4. The van der Waals surface area contributed by atoms with Crippen LogP contribution in [0.3, 0.4) is 0 Å². The molecule has 0 atom stereocenters. The molecule has 0 saturated heterocycles. The molecule has 1 aliphatic rings. The third kappa shape index (κ3) is 4.84. The van der Waals surface area contributed by atoms with Crippen molar-refractivity contribution in [2.75, 3.05) is 18.7 Å². The number of nitrogens with zero attached hydrogens (tertiary/aromatic N) is 2. The molecular formula is C22H21N5O3S. The molecule has 0 spiro atoms. The number of amides is 1. The average Bonchev–Trinajstić information content (AvgIpc) is 3.37. The number of hydrazone groups is 1. The van der Waals surface area contributed by atoms with Gasteiger partial charge in [0.1, 0.15) is 6.54 Å². The molecule has 1 aromatic heterocycles. The van der Waals surface area contributed by atoms with Gasteiger partial charge >= 0.3 is 0 Å². The lowest BCUT2D eigenvalue weighted by atomic mass is 10.2. The first-order valence-corrected chi connectivity index (χ1v) is 10.00. The molecule has 0 saturated carbocycles. The minimum absolute atomic E-state index is 0.148. The summed E-state index contributed by atoms with van der Waals surface area (Å²) in [6, 6.07) is 13.1. The van der Waals surface area contributed by atoms with Crippen molar-refractivity contribution in [1.82, 2.24) is 15.3 Å². The number of carbonyl (C=O) groups excluding carboxylic acids is 1. The van der Waals surface area contributed by atoms with Crippen LogP contribution in [0.5, 0.6) is 11.5 Å². The number of hydrogen-bond acceptors (Lipinski definition) is 5. The zero-order valence-corrected chi connectivity index (χ0v) is 17.4. The first kappa shape index (κ1) is 20.4. The number of nitrogens with one attached hydrogen (secondary N) is 3. The number of hydrogen-bond donors (Lipinski definition) is 3. The smallest absolute Gasteiger partial charge is 0.244 e. The molecule has 0 aliphatic carbocycles. The second-order valence-corrected chi connectivity index (χ2v) is 7.12. The maximum atomic E-state index is 12.7. The lowest BCUT2D eigenvalue weighted by molar-refractivity contribution is -0.116. The molecule has 158 valence electrons. The molecule has 31 heavy (non-hydrogen) atoms. The molecule has 1 aliphatic heterocycles. The van der Waals surface area contributed by atoms with Crippen LogP contribution in [0.1, 0.15) is 5.56 Å². The van der Waals surface area contributed by atoms with E-state index >= 15 is 0 Å². The summed E-state index contributed by atoms with van der Waals surface area (Å²) in [6.45, 7) is 4.52. The number of fused-ring (bicyclic) bond motifs is 2. The summed E-state index contributed by atoms with van der Waals surface area (Å²) < 4.78 is 12.5. The molecule has 8 nitrogen and oxygen atoms in total. The van der Waals surface area contributed by atoms with Crippen LogP contribution in [0, 0.1) is 0 Å². The van der Waals surface area contributed by atoms with Crippen LogP contribution in [0.25, 0.3) is 10.9 Å². The standard InChI is InChI=1S/C22H21N5O3S/c1-2-9-23-22(31)26-24-11-15-12-27(18-6-4-3-5-17(15)18)13-21(28)25-16-7-8-19-20(10-16)30-14-29-19/h2-8,10-12H,1,9,13-14H2,(H,25,28)(H2,23,26,31). The van der Waals surface area contributed by atoms with Gasteiger partial charge in [-0.1, -0.05) is 24.3 Å². The highest BCUT2D eigenvalue weighted by Crippen LogP contribution is 2.34. The molecule has 1 amide bonds. The lowest BCUT2D eigenvalue weighted by Gasteiger charge is -2.08. The second-order valence-electron chi connectivity index (χ2n) is 6.71. The number of benzene rings is 2. The highest BCUT2D eigenvalue weighted by atomic mass is 32.1. The van der Waals surface area contributed by atoms with Gasteiger partial charge in [0, 0.05) is 41.0 Å². The summed E-state index contributed by atoms with van der Waals surface area (Å²) in [5.41, 5.74) is 5.21. The highest BCUT2D eigenvalue weighted by molar-refractivity contribution is 7.80. The SMILES string of the molecule is C=CCNC(=S)NN=Cc1cn(CC(=O)Nc2ccc3c(c2)OCO3)c2ccccc12. The largest absolute Gasteiger partial charge is 0.454 e. The van der Waals surface area contributed by atoms with Crippen LogP contribution in [0.15, 0.2) is 66.4 Å². The van der Waals surface area contributed by atoms with Crippen molar-refractivity contribution < 1.29 is 14.3 Å². The van der Waals surface area contributed by atoms with E-state index in [9.17, 15) is 4.79 Å². The van der Waals surface area contributed by atoms with Crippen LogP contribution in [0.2, 0.25) is 0 Å². The van der Waals surface area contributed by atoms with Crippen molar-refractivity contribution in [3.8, 4) is 11.5 Å². The third-order valence-electron chi connectivity index (χ3n) is 4.57. The van der Waals surface area contributed by atoms with Crippen LogP contribution in [-0.2, 0) is 11.3 Å². The molecule has 0 bridgehead atoms. The van der Waals surface area contributed by atoms with Crippen LogP contribution < -0.4 is 25.5 Å². The van der Waals surface area contributed by atoms with Gasteiger partial charge in [-0.15, -0.1) is 6.58 Å². The molecule has 3 aromatic rings. The zero-order chi connectivity index (χ0) is 21.6. The fourth-order valence-electron chi connectivity index (χ4n) is 3.20. The van der Waals surface area contributed by atoms with E-state index < -0.39 is 0 Å². The van der Waals surface area contributed by atoms with Crippen molar-refractivity contribution in [2.45, 2.75) is 6.54 Å². The van der Waals surface area contributed by atoms with Crippen molar-refractivity contribution >= 4 is 46.0 Å². The summed E-state index contributed by atoms with van der Waals surface area (Å²) in [6.07, 6.45) is 5.27. The van der Waals surface area contributed by atoms with Crippen molar-refractivity contribution in [3.05, 3.63) is 66.9 Å². The molecule has 0 unspecified atom stereocenters. The number of thiocarbonyl (C=S) groups is 1. The van der Waals surface area contributed by atoms with E-state index in [1.54, 1.807) is 30.5 Å². The van der Waals surface area contributed by atoms with Gasteiger partial charge in [0.05, 0.1) is 6.21 Å². The van der Waals surface area contributed by atoms with Gasteiger partial charge in [0.25, 0.3) is 0 Å². The number of carbonyl (C=O) groups is 1. The van der Waals surface area contributed by atoms with Gasteiger partial charge in [-0.3, -0.25) is 10.2 Å². The fraction of sp³-hybridized carbons (Fsp3) is 0.136. The molecule has 4 rings (SSSR count). The Morgan fingerprint density at radius 3 is 2.94 bits per heavy atom. The molecule has 2 aromatic carbocycles. The minimum atomic E-state index is -0.156. The molecule has 3 N–H and O–H groups in total. The monoisotopic (exact) mass is 435 g/mol. The second kappa shape index (κ2) is 9.31. The van der Waals surface area contributed by atoms with Crippen LogP contribution >= 0.6 is 12.2 Å². The lowest BCUT2D eigenvalue weighted by Crippen LogP contribution is -2.31. The van der Waals surface area contributed by atoms with E-state index in [0.717, 1.165) is 16.5 Å². The van der Waals surface area contributed by atoms with E-state index in [-0.39, 0.29) is 19.2 Å². The summed E-state index contributed by atoms with van der Waals surface area (Å²) in [7, 11) is 0. The maximum Gasteiger partial charge on any atom is 0.244 e. The van der Waals surface area contributed by atoms with E-state index in [1.807, 2.05) is 35.0 Å². The van der Waals surface area contributed by atoms with Gasteiger partial charge in [0.2, 0.25) is 12.7 Å². The Morgan fingerprint density at radius 2 is 2.06 bits per heavy atom. The summed E-state index contributed by atoms with van der Waals surface area (Å²) in [5.74, 6) is 1.14. The Hall–Kier alpha value is -3.85. The van der Waals surface area contributed by atoms with Crippen molar-refractivity contribution in [3.63, 3.8) is 0 Å². The predicted octanol–water partition coefficient (Wildman–Crippen LogP) is 2.99. The Balaban J connectivity index is 1.47. The minimum Gasteiger partial charge on any atom is -0.454 e. The molecule has 0 fully saturated rings. The number of anilines is 1. The highest BCUT2D eigenvalue weighted by Gasteiger charge is 2.15. The van der Waals surface area contributed by atoms with Crippen molar-refractivity contribution in [1.29, 1.82) is 0 Å². The van der Waals surface area contributed by atoms with Gasteiger partial charge in [0.15, 0.2) is 16.6 Å². The molecule has 2 heterocycles. The molecule has 0 radical (unpaired) electrons. The first-order chi connectivity index (χ1) is 15.1. The van der Waals surface area contributed by atoms with Crippen molar-refractivity contribution in [2.24, 2.45) is 5.10 Å². The van der Waals surface area contributed by atoms with Gasteiger partial charge in [-0.2, -0.15) is 5.10 Å². The summed E-state index contributed by atoms with van der Waals surface area (Å²) >= 11 is 5.13. The third-order valence-corrected chi connectivity index (χ3v) is 4.80. The number of ether oxygens (including phenoxy) is 2. The Kier molecular flexibility index (Phi) is 6.13. The normalized spacial score (nSPS) is 12.1. The maximum absolute atomic E-state index is 12.7. The fourth-order valence-corrected chi connectivity index (χ4v) is 3.34. The van der Waals surface area contributed by atoms with Crippen LogP contribution in [0.4, 0.5) is 5.69 Å². The topological polar surface area (TPSA) is 88.9 Å². The van der Waals surface area contributed by atoms with E-state index in [2.05, 4.69) is 27.7 Å². The van der Waals surface area contributed by atoms with E-state index in [0.29, 0.717) is 28.8 Å². The number of para-hydroxylation sites is 1. The Labute approximate surface area is 184 Å². The van der Waals surface area contributed by atoms with Crippen LogP contribution in [-0.4, -0.2) is 35.1 Å².